The van der Waals surface area contributed by atoms with Crippen LogP contribution < -0.4 is 5.32 Å². The van der Waals surface area contributed by atoms with Gasteiger partial charge in [0.1, 0.15) is 0 Å². The van der Waals surface area contributed by atoms with Crippen LogP contribution in [0.15, 0.2) is 22.7 Å². The molecule has 0 atom stereocenters. The highest BCUT2D eigenvalue weighted by atomic mass is 79.9. The molecule has 1 N–H and O–H groups in total. The Morgan fingerprint density at radius 3 is 2.56 bits per heavy atom. The Morgan fingerprint density at radius 2 is 2.06 bits per heavy atom. The SMILES string of the molecule is CCN(CC)C(=S)Nc1ccc(Br)c(Cl)c1. The number of thiocarbonyl (C=S) groups is 1. The number of nitrogens with one attached hydrogen (secondary N) is 1. The summed E-state index contributed by atoms with van der Waals surface area (Å²) in [5.41, 5.74) is 0.908. The lowest BCUT2D eigenvalue weighted by atomic mass is 10.3. The van der Waals surface area contributed by atoms with E-state index in [0.29, 0.717) is 5.02 Å². The first-order valence-electron chi connectivity index (χ1n) is 5.09. The zero-order valence-corrected chi connectivity index (χ0v) is 12.4. The molecule has 0 saturated heterocycles. The molecule has 0 aliphatic rings. The number of nitrogens with zero attached hydrogens (tertiary/aromatic N) is 1. The standard InChI is InChI=1S/C11H14BrClN2S/c1-3-15(4-2)11(16)14-8-5-6-9(12)10(13)7-8/h5-7H,3-4H2,1-2H3,(H,14,16). The minimum absolute atomic E-state index is 0.673. The van der Waals surface area contributed by atoms with Crippen LogP contribution in [0.4, 0.5) is 5.69 Å². The van der Waals surface area contributed by atoms with Gasteiger partial charge in [0, 0.05) is 23.2 Å². The Kier molecular flexibility index (Phi) is 5.52. The minimum atomic E-state index is 0.673. The van der Waals surface area contributed by atoms with Crippen molar-refractivity contribution < 1.29 is 0 Å². The molecular weight excluding hydrogens is 308 g/mol. The molecule has 0 spiro atoms. The van der Waals surface area contributed by atoms with Gasteiger partial charge in [-0.3, -0.25) is 0 Å². The average Bonchev–Trinajstić information content (AvgIpc) is 2.25. The molecule has 0 aliphatic carbocycles. The minimum Gasteiger partial charge on any atom is -0.350 e. The molecule has 0 aromatic heterocycles. The van der Waals surface area contributed by atoms with Crippen LogP contribution in [0.2, 0.25) is 5.02 Å². The number of anilines is 1. The first-order valence-corrected chi connectivity index (χ1v) is 6.67. The van der Waals surface area contributed by atoms with Crippen molar-refractivity contribution in [1.82, 2.24) is 4.90 Å². The van der Waals surface area contributed by atoms with Crippen molar-refractivity contribution in [3.63, 3.8) is 0 Å². The van der Waals surface area contributed by atoms with Crippen LogP contribution in [0.25, 0.3) is 0 Å². The van der Waals surface area contributed by atoms with Crippen molar-refractivity contribution >= 4 is 50.5 Å². The van der Waals surface area contributed by atoms with E-state index < -0.39 is 0 Å². The quantitative estimate of drug-likeness (QED) is 0.842. The Hall–Kier alpha value is -0.320. The third-order valence-corrected chi connectivity index (χ3v) is 3.81. The van der Waals surface area contributed by atoms with Crippen molar-refractivity contribution in [2.75, 3.05) is 18.4 Å². The van der Waals surface area contributed by atoms with Gasteiger partial charge < -0.3 is 10.2 Å². The highest BCUT2D eigenvalue weighted by Gasteiger charge is 2.06. The molecule has 0 bridgehead atoms. The van der Waals surface area contributed by atoms with Gasteiger partial charge in [0.25, 0.3) is 0 Å². The predicted octanol–water partition coefficient (Wildman–Crippen LogP) is 4.14. The molecule has 0 heterocycles. The van der Waals surface area contributed by atoms with Crippen LogP contribution in [0, 0.1) is 0 Å². The fourth-order valence-electron chi connectivity index (χ4n) is 1.29. The van der Waals surface area contributed by atoms with Crippen LogP contribution in [0.1, 0.15) is 13.8 Å². The molecule has 5 heteroatoms. The average molecular weight is 322 g/mol. The Bertz CT molecular complexity index is 380. The van der Waals surface area contributed by atoms with E-state index in [1.165, 1.54) is 0 Å². The number of hydrogen-bond donors (Lipinski definition) is 1. The van der Waals surface area contributed by atoms with Gasteiger partial charge in [-0.25, -0.2) is 0 Å². The maximum atomic E-state index is 6.00. The lowest BCUT2D eigenvalue weighted by Crippen LogP contribution is -2.34. The Balaban J connectivity index is 2.73. The molecular formula is C11H14BrClN2S. The van der Waals surface area contributed by atoms with Crippen LogP contribution >= 0.6 is 39.7 Å². The van der Waals surface area contributed by atoms with E-state index in [-0.39, 0.29) is 0 Å². The van der Waals surface area contributed by atoms with Gasteiger partial charge in [0.05, 0.1) is 5.02 Å². The topological polar surface area (TPSA) is 15.3 Å². The third kappa shape index (κ3) is 3.61. The summed E-state index contributed by atoms with van der Waals surface area (Å²) in [6.07, 6.45) is 0. The van der Waals surface area contributed by atoms with Crippen LogP contribution in [0.5, 0.6) is 0 Å². The summed E-state index contributed by atoms with van der Waals surface area (Å²) in [5, 5.41) is 4.56. The molecule has 1 aromatic carbocycles. The van der Waals surface area contributed by atoms with E-state index in [1.807, 2.05) is 18.2 Å². The van der Waals surface area contributed by atoms with Crippen molar-refractivity contribution in [3.8, 4) is 0 Å². The molecule has 16 heavy (non-hydrogen) atoms. The second kappa shape index (κ2) is 6.42. The zero-order valence-electron chi connectivity index (χ0n) is 9.26. The number of benzene rings is 1. The van der Waals surface area contributed by atoms with Gasteiger partial charge in [-0.15, -0.1) is 0 Å². The Labute approximate surface area is 115 Å². The number of hydrogen-bond acceptors (Lipinski definition) is 1. The summed E-state index contributed by atoms with van der Waals surface area (Å²) < 4.78 is 0.883. The summed E-state index contributed by atoms with van der Waals surface area (Å²) in [6, 6.07) is 5.68. The second-order valence-electron chi connectivity index (χ2n) is 3.23. The maximum absolute atomic E-state index is 6.00. The highest BCUT2D eigenvalue weighted by molar-refractivity contribution is 9.10. The van der Waals surface area contributed by atoms with Crippen molar-refractivity contribution in [2.45, 2.75) is 13.8 Å². The molecule has 0 saturated carbocycles. The van der Waals surface area contributed by atoms with Crippen molar-refractivity contribution in [3.05, 3.63) is 27.7 Å². The van der Waals surface area contributed by atoms with Gasteiger partial charge in [-0.1, -0.05) is 11.6 Å². The van der Waals surface area contributed by atoms with E-state index in [9.17, 15) is 0 Å². The fraction of sp³-hybridized carbons (Fsp3) is 0.364. The molecule has 0 amide bonds. The van der Waals surface area contributed by atoms with E-state index in [1.54, 1.807) is 0 Å². The van der Waals surface area contributed by atoms with Gasteiger partial charge in [0.15, 0.2) is 5.11 Å². The van der Waals surface area contributed by atoms with Crippen LogP contribution in [0.3, 0.4) is 0 Å². The maximum Gasteiger partial charge on any atom is 0.173 e. The Morgan fingerprint density at radius 1 is 1.44 bits per heavy atom. The third-order valence-electron chi connectivity index (χ3n) is 2.22. The smallest absolute Gasteiger partial charge is 0.173 e. The molecule has 0 aliphatic heterocycles. The number of rotatable bonds is 3. The van der Waals surface area contributed by atoms with Gasteiger partial charge in [0.2, 0.25) is 0 Å². The molecule has 88 valence electrons. The first-order chi connectivity index (χ1) is 7.58. The summed E-state index contributed by atoms with van der Waals surface area (Å²) in [4.78, 5) is 2.07. The molecule has 0 fully saturated rings. The van der Waals surface area contributed by atoms with Crippen LogP contribution in [-0.2, 0) is 0 Å². The van der Waals surface area contributed by atoms with Gasteiger partial charge in [-0.2, -0.15) is 0 Å². The van der Waals surface area contributed by atoms with Gasteiger partial charge >= 0.3 is 0 Å². The molecule has 1 aromatic rings. The molecule has 0 unspecified atom stereocenters. The first kappa shape index (κ1) is 13.7. The van der Waals surface area contributed by atoms with Crippen LogP contribution in [-0.4, -0.2) is 23.1 Å². The molecule has 2 nitrogen and oxygen atoms in total. The van der Waals surface area contributed by atoms with E-state index in [4.69, 9.17) is 23.8 Å². The lowest BCUT2D eigenvalue weighted by Gasteiger charge is -2.22. The summed E-state index contributed by atoms with van der Waals surface area (Å²) in [6.45, 7) is 5.94. The monoisotopic (exact) mass is 320 g/mol. The van der Waals surface area contributed by atoms with Gasteiger partial charge in [-0.05, 0) is 60.2 Å². The number of halogens is 2. The lowest BCUT2D eigenvalue weighted by molar-refractivity contribution is 0.473. The summed E-state index contributed by atoms with van der Waals surface area (Å²) in [5.74, 6) is 0. The highest BCUT2D eigenvalue weighted by Crippen LogP contribution is 2.25. The largest absolute Gasteiger partial charge is 0.350 e. The zero-order chi connectivity index (χ0) is 12.1. The van der Waals surface area contributed by atoms with Crippen molar-refractivity contribution in [2.24, 2.45) is 0 Å². The molecule has 1 rings (SSSR count). The summed E-state index contributed by atoms with van der Waals surface area (Å²) in [7, 11) is 0. The van der Waals surface area contributed by atoms with Crippen molar-refractivity contribution in [1.29, 1.82) is 0 Å². The fourth-order valence-corrected chi connectivity index (χ4v) is 2.09. The summed E-state index contributed by atoms with van der Waals surface area (Å²) >= 11 is 14.6. The van der Waals surface area contributed by atoms with E-state index in [2.05, 4.69) is 40.0 Å². The predicted molar refractivity (Wildman–Crippen MR) is 78.3 cm³/mol. The second-order valence-corrected chi connectivity index (χ2v) is 4.88. The molecule has 0 radical (unpaired) electrons. The van der Waals surface area contributed by atoms with E-state index >= 15 is 0 Å². The normalized spacial score (nSPS) is 10.0. The van der Waals surface area contributed by atoms with E-state index in [0.717, 1.165) is 28.4 Å².